The highest BCUT2D eigenvalue weighted by Crippen LogP contribution is 2.21. The number of ether oxygens (including phenoxy) is 1. The summed E-state index contributed by atoms with van der Waals surface area (Å²) in [5, 5.41) is 3.11. The van der Waals surface area contributed by atoms with Crippen LogP contribution in [0.4, 0.5) is 0 Å². The molecule has 0 aliphatic carbocycles. The highest BCUT2D eigenvalue weighted by molar-refractivity contribution is 7.89. The lowest BCUT2D eigenvalue weighted by molar-refractivity contribution is 0.198. The smallest absolute Gasteiger partial charge is 0.276 e. The van der Waals surface area contributed by atoms with Crippen LogP contribution in [-0.2, 0) is 21.3 Å². The van der Waals surface area contributed by atoms with Crippen molar-refractivity contribution in [2.45, 2.75) is 44.4 Å². The SMILES string of the molecule is CCC(CC)N(C)S(=O)(=O)c1ccc(CNCCOC)o1. The van der Waals surface area contributed by atoms with Crippen molar-refractivity contribution in [3.8, 4) is 0 Å². The molecular weight excluding hydrogens is 292 g/mol. The molecule has 0 spiro atoms. The van der Waals surface area contributed by atoms with Crippen LogP contribution in [0.5, 0.6) is 0 Å². The van der Waals surface area contributed by atoms with Gasteiger partial charge in [-0.15, -0.1) is 0 Å². The number of nitrogens with zero attached hydrogens (tertiary/aromatic N) is 1. The number of furan rings is 1. The van der Waals surface area contributed by atoms with Gasteiger partial charge >= 0.3 is 0 Å². The third kappa shape index (κ3) is 4.81. The molecule has 0 aliphatic rings. The zero-order valence-electron chi connectivity index (χ0n) is 13.3. The van der Waals surface area contributed by atoms with Gasteiger partial charge < -0.3 is 14.5 Å². The van der Waals surface area contributed by atoms with Crippen molar-refractivity contribution in [1.82, 2.24) is 9.62 Å². The molecule has 0 aliphatic heterocycles. The summed E-state index contributed by atoms with van der Waals surface area (Å²) < 4.78 is 36.7. The van der Waals surface area contributed by atoms with Crippen LogP contribution in [0.1, 0.15) is 32.4 Å². The zero-order valence-corrected chi connectivity index (χ0v) is 14.1. The van der Waals surface area contributed by atoms with E-state index in [1.54, 1.807) is 20.2 Å². The fourth-order valence-corrected chi connectivity index (χ4v) is 3.55. The summed E-state index contributed by atoms with van der Waals surface area (Å²) in [7, 11) is -0.328. The molecule has 0 aromatic carbocycles. The molecule has 0 radical (unpaired) electrons. The zero-order chi connectivity index (χ0) is 15.9. The van der Waals surface area contributed by atoms with E-state index in [0.717, 1.165) is 12.8 Å². The predicted molar refractivity (Wildman–Crippen MR) is 81.6 cm³/mol. The maximum absolute atomic E-state index is 12.5. The molecule has 0 fully saturated rings. The Labute approximate surface area is 127 Å². The van der Waals surface area contributed by atoms with Gasteiger partial charge in [-0.1, -0.05) is 13.8 Å². The van der Waals surface area contributed by atoms with E-state index in [1.165, 1.54) is 10.4 Å². The molecule has 0 atom stereocenters. The van der Waals surface area contributed by atoms with Gasteiger partial charge in [0, 0.05) is 26.7 Å². The first-order valence-electron chi connectivity index (χ1n) is 7.23. The Hall–Kier alpha value is -0.890. The molecule has 1 N–H and O–H groups in total. The van der Waals surface area contributed by atoms with Crippen molar-refractivity contribution in [3.63, 3.8) is 0 Å². The van der Waals surface area contributed by atoms with Crippen molar-refractivity contribution in [2.75, 3.05) is 27.3 Å². The van der Waals surface area contributed by atoms with Crippen molar-refractivity contribution < 1.29 is 17.6 Å². The van der Waals surface area contributed by atoms with E-state index in [4.69, 9.17) is 9.15 Å². The minimum absolute atomic E-state index is 0.000409. The van der Waals surface area contributed by atoms with Gasteiger partial charge in [-0.25, -0.2) is 8.42 Å². The molecule has 1 heterocycles. The lowest BCUT2D eigenvalue weighted by Gasteiger charge is -2.24. The number of rotatable bonds is 10. The highest BCUT2D eigenvalue weighted by atomic mass is 32.2. The predicted octanol–water partition coefficient (Wildman–Crippen LogP) is 1.82. The number of hydrogen-bond acceptors (Lipinski definition) is 5. The first-order valence-corrected chi connectivity index (χ1v) is 8.67. The monoisotopic (exact) mass is 318 g/mol. The summed E-state index contributed by atoms with van der Waals surface area (Å²) in [5.74, 6) is 0.600. The molecule has 1 aromatic rings. The third-order valence-electron chi connectivity index (χ3n) is 3.51. The molecule has 0 bridgehead atoms. The van der Waals surface area contributed by atoms with Gasteiger partial charge in [0.05, 0.1) is 13.2 Å². The van der Waals surface area contributed by atoms with E-state index >= 15 is 0 Å². The molecule has 1 aromatic heterocycles. The Balaban J connectivity index is 2.74. The normalized spacial score (nSPS) is 12.5. The Kier molecular flexibility index (Phi) is 7.37. The number of hydrogen-bond donors (Lipinski definition) is 1. The lowest BCUT2D eigenvalue weighted by atomic mass is 10.2. The second kappa shape index (κ2) is 8.53. The van der Waals surface area contributed by atoms with Gasteiger partial charge in [0.2, 0.25) is 5.09 Å². The Morgan fingerprint density at radius 3 is 2.57 bits per heavy atom. The average Bonchev–Trinajstić information content (AvgIpc) is 2.94. The van der Waals surface area contributed by atoms with Crippen molar-refractivity contribution in [2.24, 2.45) is 0 Å². The van der Waals surface area contributed by atoms with Gasteiger partial charge in [0.1, 0.15) is 5.76 Å². The maximum Gasteiger partial charge on any atom is 0.276 e. The molecule has 6 nitrogen and oxygen atoms in total. The third-order valence-corrected chi connectivity index (χ3v) is 5.29. The van der Waals surface area contributed by atoms with Gasteiger partial charge in [-0.3, -0.25) is 0 Å². The number of sulfonamides is 1. The summed E-state index contributed by atoms with van der Waals surface area (Å²) in [5.41, 5.74) is 0. The summed E-state index contributed by atoms with van der Waals surface area (Å²) in [6.07, 6.45) is 1.55. The topological polar surface area (TPSA) is 71.8 Å². The summed E-state index contributed by atoms with van der Waals surface area (Å²) in [6, 6.07) is 3.19. The summed E-state index contributed by atoms with van der Waals surface area (Å²) in [4.78, 5) is 0. The lowest BCUT2D eigenvalue weighted by Crippen LogP contribution is -2.36. The summed E-state index contributed by atoms with van der Waals surface area (Å²) in [6.45, 7) is 5.73. The van der Waals surface area contributed by atoms with Crippen LogP contribution >= 0.6 is 0 Å². The van der Waals surface area contributed by atoms with E-state index in [1.807, 2.05) is 13.8 Å². The van der Waals surface area contributed by atoms with Gasteiger partial charge in [-0.2, -0.15) is 4.31 Å². The second-order valence-corrected chi connectivity index (χ2v) is 6.81. The number of nitrogens with one attached hydrogen (secondary N) is 1. The minimum Gasteiger partial charge on any atom is -0.447 e. The molecular formula is C14H26N2O4S. The largest absolute Gasteiger partial charge is 0.447 e. The standard InChI is InChI=1S/C14H26N2O4S/c1-5-12(6-2)16(3)21(17,18)14-8-7-13(20-14)11-15-9-10-19-4/h7-8,12,15H,5-6,9-11H2,1-4H3. The van der Waals surface area contributed by atoms with Crippen LogP contribution < -0.4 is 5.32 Å². The van der Waals surface area contributed by atoms with E-state index in [9.17, 15) is 8.42 Å². The molecule has 1 rings (SSSR count). The average molecular weight is 318 g/mol. The fourth-order valence-electron chi connectivity index (χ4n) is 2.12. The summed E-state index contributed by atoms with van der Waals surface area (Å²) >= 11 is 0. The van der Waals surface area contributed by atoms with Crippen LogP contribution in [0.25, 0.3) is 0 Å². The molecule has 122 valence electrons. The Bertz CT molecular complexity index is 509. The van der Waals surface area contributed by atoms with E-state index in [2.05, 4.69) is 5.32 Å². The van der Waals surface area contributed by atoms with E-state index in [0.29, 0.717) is 25.5 Å². The molecule has 7 heteroatoms. The fraction of sp³-hybridized carbons (Fsp3) is 0.714. The first-order chi connectivity index (χ1) is 9.97. The Morgan fingerprint density at radius 1 is 1.33 bits per heavy atom. The molecule has 0 saturated carbocycles. The van der Waals surface area contributed by atoms with Crippen molar-refractivity contribution >= 4 is 10.0 Å². The van der Waals surface area contributed by atoms with Crippen LogP contribution in [0, 0.1) is 0 Å². The van der Waals surface area contributed by atoms with Crippen LogP contribution in [0.2, 0.25) is 0 Å². The quantitative estimate of drug-likeness (QED) is 0.666. The van der Waals surface area contributed by atoms with E-state index in [-0.39, 0.29) is 11.1 Å². The van der Waals surface area contributed by atoms with Gasteiger partial charge in [-0.05, 0) is 25.0 Å². The highest BCUT2D eigenvalue weighted by Gasteiger charge is 2.28. The molecule has 0 amide bonds. The van der Waals surface area contributed by atoms with Crippen LogP contribution in [0.3, 0.4) is 0 Å². The Morgan fingerprint density at radius 2 is 2.00 bits per heavy atom. The van der Waals surface area contributed by atoms with Crippen molar-refractivity contribution in [3.05, 3.63) is 17.9 Å². The minimum atomic E-state index is -3.56. The van der Waals surface area contributed by atoms with Crippen LogP contribution in [0.15, 0.2) is 21.6 Å². The second-order valence-electron chi connectivity index (χ2n) is 4.88. The van der Waals surface area contributed by atoms with Crippen LogP contribution in [-0.4, -0.2) is 46.1 Å². The van der Waals surface area contributed by atoms with E-state index < -0.39 is 10.0 Å². The van der Waals surface area contributed by atoms with Crippen molar-refractivity contribution in [1.29, 1.82) is 0 Å². The molecule has 0 saturated heterocycles. The van der Waals surface area contributed by atoms with Gasteiger partial charge in [0.25, 0.3) is 10.0 Å². The first kappa shape index (κ1) is 18.2. The van der Waals surface area contributed by atoms with Gasteiger partial charge in [0.15, 0.2) is 0 Å². The maximum atomic E-state index is 12.5. The molecule has 21 heavy (non-hydrogen) atoms. The number of methoxy groups -OCH3 is 1. The molecule has 0 unspecified atom stereocenters.